The molecular formula is C23H20F3NO3. The first-order chi connectivity index (χ1) is 14.3. The van der Waals surface area contributed by atoms with Crippen LogP contribution >= 0.6 is 0 Å². The van der Waals surface area contributed by atoms with E-state index in [1.165, 1.54) is 35.2 Å². The second-order valence-electron chi connectivity index (χ2n) is 6.93. The molecule has 0 saturated carbocycles. The van der Waals surface area contributed by atoms with Crippen LogP contribution in [0.4, 0.5) is 13.2 Å². The second-order valence-corrected chi connectivity index (χ2v) is 6.93. The number of rotatable bonds is 6. The number of hydrogen-bond acceptors (Lipinski definition) is 3. The van der Waals surface area contributed by atoms with Crippen molar-refractivity contribution in [3.8, 4) is 0 Å². The summed E-state index contributed by atoms with van der Waals surface area (Å²) < 4.78 is 45.8. The maximum absolute atomic E-state index is 13.8. The number of allylic oxidation sites excluding steroid dienone is 1. The molecule has 7 heteroatoms. The van der Waals surface area contributed by atoms with Crippen LogP contribution in [-0.2, 0) is 20.9 Å². The molecule has 156 valence electrons. The number of hydrogen-bond donors (Lipinski definition) is 0. The molecule has 30 heavy (non-hydrogen) atoms. The summed E-state index contributed by atoms with van der Waals surface area (Å²) in [5.74, 6) is -4.17. The van der Waals surface area contributed by atoms with Gasteiger partial charge in [0.1, 0.15) is 12.4 Å². The van der Waals surface area contributed by atoms with Gasteiger partial charge in [-0.1, -0.05) is 30.9 Å². The van der Waals surface area contributed by atoms with E-state index in [2.05, 4.69) is 6.58 Å². The molecule has 0 radical (unpaired) electrons. The van der Waals surface area contributed by atoms with Crippen LogP contribution in [0.3, 0.4) is 0 Å². The van der Waals surface area contributed by atoms with Gasteiger partial charge in [-0.2, -0.15) is 0 Å². The molecule has 0 unspecified atom stereocenters. The van der Waals surface area contributed by atoms with E-state index in [-0.39, 0.29) is 31.1 Å². The zero-order valence-corrected chi connectivity index (χ0v) is 16.3. The van der Waals surface area contributed by atoms with Crippen molar-refractivity contribution >= 4 is 11.9 Å². The van der Waals surface area contributed by atoms with Crippen molar-refractivity contribution in [2.24, 2.45) is 0 Å². The largest absolute Gasteiger partial charge is 0.458 e. The van der Waals surface area contributed by atoms with Gasteiger partial charge in [0.2, 0.25) is 5.91 Å². The van der Waals surface area contributed by atoms with E-state index in [4.69, 9.17) is 4.74 Å². The van der Waals surface area contributed by atoms with Gasteiger partial charge >= 0.3 is 5.97 Å². The van der Waals surface area contributed by atoms with E-state index >= 15 is 0 Å². The summed E-state index contributed by atoms with van der Waals surface area (Å²) in [6.45, 7) is 5.02. The van der Waals surface area contributed by atoms with Crippen LogP contribution in [0.15, 0.2) is 66.4 Å². The van der Waals surface area contributed by atoms with Crippen molar-refractivity contribution in [2.75, 3.05) is 6.61 Å². The fourth-order valence-corrected chi connectivity index (χ4v) is 3.51. The first-order valence-electron chi connectivity index (χ1n) is 9.30. The van der Waals surface area contributed by atoms with E-state index < -0.39 is 29.3 Å². The summed E-state index contributed by atoms with van der Waals surface area (Å²) in [6.07, 6.45) is 1.32. The Morgan fingerprint density at radius 3 is 2.63 bits per heavy atom. The van der Waals surface area contributed by atoms with Gasteiger partial charge in [-0.05, 0) is 42.3 Å². The Hall–Kier alpha value is -3.35. The monoisotopic (exact) mass is 415 g/mol. The van der Waals surface area contributed by atoms with E-state index in [0.29, 0.717) is 16.8 Å². The van der Waals surface area contributed by atoms with Crippen molar-refractivity contribution in [3.05, 3.63) is 95.0 Å². The number of benzene rings is 2. The summed E-state index contributed by atoms with van der Waals surface area (Å²) in [4.78, 5) is 27.0. The molecule has 1 aliphatic rings. The Morgan fingerprint density at radius 2 is 1.97 bits per heavy atom. The van der Waals surface area contributed by atoms with Crippen LogP contribution in [0, 0.1) is 17.5 Å². The molecule has 1 atom stereocenters. The average molecular weight is 415 g/mol. The molecule has 1 heterocycles. The van der Waals surface area contributed by atoms with Gasteiger partial charge in [-0.3, -0.25) is 4.79 Å². The summed E-state index contributed by atoms with van der Waals surface area (Å²) in [5.41, 5.74) is 1.37. The predicted molar refractivity (Wildman–Crippen MR) is 105 cm³/mol. The zero-order chi connectivity index (χ0) is 21.8. The van der Waals surface area contributed by atoms with Gasteiger partial charge in [-0.15, -0.1) is 0 Å². The Labute approximate surface area is 172 Å². The fraction of sp³-hybridized carbons (Fsp3) is 0.217. The van der Waals surface area contributed by atoms with Gasteiger partial charge in [0.05, 0.1) is 12.1 Å². The van der Waals surface area contributed by atoms with E-state index in [1.807, 2.05) is 0 Å². The Balaban J connectivity index is 2.03. The van der Waals surface area contributed by atoms with E-state index in [9.17, 15) is 22.8 Å². The summed E-state index contributed by atoms with van der Waals surface area (Å²) in [7, 11) is 0. The zero-order valence-electron chi connectivity index (χ0n) is 16.3. The van der Waals surface area contributed by atoms with Crippen LogP contribution in [0.2, 0.25) is 0 Å². The lowest BCUT2D eigenvalue weighted by Crippen LogP contribution is -2.38. The summed E-state index contributed by atoms with van der Waals surface area (Å²) in [5, 5.41) is 0. The molecule has 2 aromatic rings. The lowest BCUT2D eigenvalue weighted by Gasteiger charge is -2.34. The molecule has 0 saturated heterocycles. The summed E-state index contributed by atoms with van der Waals surface area (Å²) >= 11 is 0. The number of esters is 1. The number of amides is 1. The number of halogens is 3. The Bertz CT molecular complexity index is 1030. The molecule has 4 nitrogen and oxygen atoms in total. The summed E-state index contributed by atoms with van der Waals surface area (Å²) in [6, 6.07) is 9.04. The minimum absolute atomic E-state index is 0.0252. The standard InChI is InChI=1S/C23H20F3NO3/c1-3-9-30-23(29)22-14(2)27(13-15-7-8-19(25)20(26)10-15)21(28)12-18(22)16-5-4-6-17(24)11-16/h3-8,10-11,18H,1,9,12-13H2,2H3/t18-/m1/s1. The molecule has 1 aliphatic heterocycles. The number of nitrogens with zero attached hydrogens (tertiary/aromatic N) is 1. The number of carbonyl (C=O) groups excluding carboxylic acids is 2. The maximum Gasteiger partial charge on any atom is 0.336 e. The van der Waals surface area contributed by atoms with Crippen LogP contribution in [-0.4, -0.2) is 23.4 Å². The number of carbonyl (C=O) groups is 2. The van der Waals surface area contributed by atoms with Crippen LogP contribution in [0.5, 0.6) is 0 Å². The van der Waals surface area contributed by atoms with Crippen LogP contribution < -0.4 is 0 Å². The minimum atomic E-state index is -1.03. The molecule has 3 rings (SSSR count). The quantitative estimate of drug-likeness (QED) is 0.511. The molecule has 1 amide bonds. The molecule has 0 bridgehead atoms. The third-order valence-corrected chi connectivity index (χ3v) is 4.95. The minimum Gasteiger partial charge on any atom is -0.458 e. The van der Waals surface area contributed by atoms with Crippen molar-refractivity contribution < 1.29 is 27.5 Å². The molecule has 0 aliphatic carbocycles. The maximum atomic E-state index is 13.8. The molecule has 2 aromatic carbocycles. The predicted octanol–water partition coefficient (Wildman–Crippen LogP) is 4.62. The van der Waals surface area contributed by atoms with Gasteiger partial charge in [0.15, 0.2) is 11.6 Å². The van der Waals surface area contributed by atoms with Crippen LogP contribution in [0.1, 0.15) is 30.4 Å². The number of ether oxygens (including phenoxy) is 1. The highest BCUT2D eigenvalue weighted by Crippen LogP contribution is 2.38. The average Bonchev–Trinajstić information content (AvgIpc) is 2.71. The fourth-order valence-electron chi connectivity index (χ4n) is 3.51. The van der Waals surface area contributed by atoms with Crippen molar-refractivity contribution in [3.63, 3.8) is 0 Å². The lowest BCUT2D eigenvalue weighted by atomic mass is 9.83. The molecule has 0 spiro atoms. The highest BCUT2D eigenvalue weighted by atomic mass is 19.2. The van der Waals surface area contributed by atoms with Gasteiger partial charge < -0.3 is 9.64 Å². The molecule has 0 N–H and O–H groups in total. The Kier molecular flexibility index (Phi) is 6.40. The Morgan fingerprint density at radius 1 is 1.20 bits per heavy atom. The third-order valence-electron chi connectivity index (χ3n) is 4.95. The van der Waals surface area contributed by atoms with E-state index in [1.54, 1.807) is 13.0 Å². The lowest BCUT2D eigenvalue weighted by molar-refractivity contribution is -0.139. The third kappa shape index (κ3) is 4.45. The first-order valence-corrected chi connectivity index (χ1v) is 9.30. The molecule has 0 fully saturated rings. The molecular weight excluding hydrogens is 395 g/mol. The van der Waals surface area contributed by atoms with Crippen molar-refractivity contribution in [1.29, 1.82) is 0 Å². The van der Waals surface area contributed by atoms with Crippen molar-refractivity contribution in [2.45, 2.75) is 25.8 Å². The highest BCUT2D eigenvalue weighted by Gasteiger charge is 2.37. The van der Waals surface area contributed by atoms with E-state index in [0.717, 1.165) is 12.1 Å². The topological polar surface area (TPSA) is 46.6 Å². The molecule has 0 aromatic heterocycles. The van der Waals surface area contributed by atoms with Gasteiger partial charge in [0, 0.05) is 18.0 Å². The van der Waals surface area contributed by atoms with Gasteiger partial charge in [-0.25, -0.2) is 18.0 Å². The normalized spacial score (nSPS) is 16.6. The van der Waals surface area contributed by atoms with Crippen molar-refractivity contribution in [1.82, 2.24) is 4.90 Å². The first kappa shape index (κ1) is 21.4. The smallest absolute Gasteiger partial charge is 0.336 e. The second kappa shape index (κ2) is 8.98. The van der Waals surface area contributed by atoms with Gasteiger partial charge in [0.25, 0.3) is 0 Å². The highest BCUT2D eigenvalue weighted by molar-refractivity contribution is 5.95. The van der Waals surface area contributed by atoms with Crippen LogP contribution in [0.25, 0.3) is 0 Å². The SMILES string of the molecule is C=CCOC(=O)C1=C(C)N(Cc2ccc(F)c(F)c2)C(=O)C[C@@H]1c1cccc(F)c1.